The second kappa shape index (κ2) is 5.25. The van der Waals surface area contributed by atoms with Crippen molar-refractivity contribution >= 4 is 11.0 Å². The number of hydrogen-bond acceptors (Lipinski definition) is 2. The SMILES string of the molecule is COc1cccc(CCn2c(=O)[nH]c3ccccc32)c1. The van der Waals surface area contributed by atoms with Crippen LogP contribution in [-0.2, 0) is 13.0 Å². The maximum atomic E-state index is 12.0. The van der Waals surface area contributed by atoms with Crippen LogP contribution in [0.25, 0.3) is 11.0 Å². The number of methoxy groups -OCH3 is 1. The van der Waals surface area contributed by atoms with Crippen molar-refractivity contribution in [3.63, 3.8) is 0 Å². The highest BCUT2D eigenvalue weighted by molar-refractivity contribution is 5.74. The van der Waals surface area contributed by atoms with Crippen LogP contribution in [-0.4, -0.2) is 16.7 Å². The predicted octanol–water partition coefficient (Wildman–Crippen LogP) is 2.58. The Labute approximate surface area is 116 Å². The second-order valence-corrected chi connectivity index (χ2v) is 4.70. The number of aryl methyl sites for hydroxylation is 2. The minimum Gasteiger partial charge on any atom is -0.497 e. The van der Waals surface area contributed by atoms with Gasteiger partial charge in [-0.2, -0.15) is 0 Å². The standard InChI is InChI=1S/C16H16N2O2/c1-20-13-6-4-5-12(11-13)9-10-18-15-8-3-2-7-14(15)17-16(18)19/h2-8,11H,9-10H2,1H3,(H,17,19). The number of nitrogens with zero attached hydrogens (tertiary/aromatic N) is 1. The van der Waals surface area contributed by atoms with Gasteiger partial charge in [0, 0.05) is 6.54 Å². The van der Waals surface area contributed by atoms with Gasteiger partial charge in [0.05, 0.1) is 18.1 Å². The Morgan fingerprint density at radius 2 is 2.00 bits per heavy atom. The van der Waals surface area contributed by atoms with E-state index in [1.54, 1.807) is 11.7 Å². The molecule has 4 heteroatoms. The number of H-pyrrole nitrogens is 1. The molecular formula is C16H16N2O2. The van der Waals surface area contributed by atoms with E-state index in [0.717, 1.165) is 28.8 Å². The molecule has 1 aromatic heterocycles. The molecule has 0 atom stereocenters. The summed E-state index contributed by atoms with van der Waals surface area (Å²) >= 11 is 0. The van der Waals surface area contributed by atoms with Crippen molar-refractivity contribution in [2.75, 3.05) is 7.11 Å². The Morgan fingerprint density at radius 3 is 2.85 bits per heavy atom. The minimum atomic E-state index is -0.0610. The number of benzene rings is 2. The van der Waals surface area contributed by atoms with Gasteiger partial charge in [0.1, 0.15) is 5.75 Å². The van der Waals surface area contributed by atoms with E-state index in [-0.39, 0.29) is 5.69 Å². The summed E-state index contributed by atoms with van der Waals surface area (Å²) in [5.74, 6) is 0.841. The first kappa shape index (κ1) is 12.5. The molecule has 20 heavy (non-hydrogen) atoms. The number of nitrogens with one attached hydrogen (secondary N) is 1. The molecule has 0 saturated carbocycles. The first-order chi connectivity index (χ1) is 9.78. The molecule has 102 valence electrons. The number of hydrogen-bond donors (Lipinski definition) is 1. The van der Waals surface area contributed by atoms with Gasteiger partial charge in [0.15, 0.2) is 0 Å². The van der Waals surface area contributed by atoms with Gasteiger partial charge in [-0.3, -0.25) is 4.57 Å². The quantitative estimate of drug-likeness (QED) is 0.790. The lowest BCUT2D eigenvalue weighted by molar-refractivity contribution is 0.414. The number of aromatic amines is 1. The van der Waals surface area contributed by atoms with Crippen LogP contribution in [0, 0.1) is 0 Å². The van der Waals surface area contributed by atoms with Crippen molar-refractivity contribution in [1.82, 2.24) is 9.55 Å². The molecule has 0 unspecified atom stereocenters. The Hall–Kier alpha value is -2.49. The Kier molecular flexibility index (Phi) is 3.29. The first-order valence-corrected chi connectivity index (χ1v) is 6.58. The van der Waals surface area contributed by atoms with Gasteiger partial charge in [-0.25, -0.2) is 4.79 Å². The van der Waals surface area contributed by atoms with Crippen LogP contribution in [0.1, 0.15) is 5.56 Å². The number of ether oxygens (including phenoxy) is 1. The molecule has 1 N–H and O–H groups in total. The summed E-state index contributed by atoms with van der Waals surface area (Å²) in [6, 6.07) is 15.7. The maximum Gasteiger partial charge on any atom is 0.326 e. The highest BCUT2D eigenvalue weighted by atomic mass is 16.5. The third-order valence-electron chi connectivity index (χ3n) is 3.44. The summed E-state index contributed by atoms with van der Waals surface area (Å²) in [6.07, 6.45) is 0.791. The number of para-hydroxylation sites is 2. The normalized spacial score (nSPS) is 10.8. The van der Waals surface area contributed by atoms with E-state index < -0.39 is 0 Å². The summed E-state index contributed by atoms with van der Waals surface area (Å²) in [5, 5.41) is 0. The fraction of sp³-hybridized carbons (Fsp3) is 0.188. The summed E-state index contributed by atoms with van der Waals surface area (Å²) in [4.78, 5) is 14.8. The van der Waals surface area contributed by atoms with Gasteiger partial charge >= 0.3 is 5.69 Å². The Bertz CT molecular complexity index is 786. The monoisotopic (exact) mass is 268 g/mol. The molecule has 0 bridgehead atoms. The van der Waals surface area contributed by atoms with Crippen LogP contribution < -0.4 is 10.4 Å². The molecule has 0 saturated heterocycles. The first-order valence-electron chi connectivity index (χ1n) is 6.58. The zero-order chi connectivity index (χ0) is 13.9. The van der Waals surface area contributed by atoms with Gasteiger partial charge in [-0.05, 0) is 36.2 Å². The Morgan fingerprint density at radius 1 is 1.15 bits per heavy atom. The molecule has 0 aliphatic heterocycles. The average molecular weight is 268 g/mol. The fourth-order valence-electron chi connectivity index (χ4n) is 2.40. The molecule has 1 heterocycles. The topological polar surface area (TPSA) is 47.0 Å². The highest BCUT2D eigenvalue weighted by Gasteiger charge is 2.06. The third-order valence-corrected chi connectivity index (χ3v) is 3.44. The molecule has 0 amide bonds. The lowest BCUT2D eigenvalue weighted by Gasteiger charge is -2.06. The van der Waals surface area contributed by atoms with Crippen LogP contribution in [0.4, 0.5) is 0 Å². The molecule has 0 radical (unpaired) electrons. The van der Waals surface area contributed by atoms with E-state index >= 15 is 0 Å². The largest absolute Gasteiger partial charge is 0.497 e. The van der Waals surface area contributed by atoms with Crippen molar-refractivity contribution in [2.45, 2.75) is 13.0 Å². The van der Waals surface area contributed by atoms with Crippen LogP contribution in [0.15, 0.2) is 53.3 Å². The highest BCUT2D eigenvalue weighted by Crippen LogP contribution is 2.14. The third kappa shape index (κ3) is 2.32. The summed E-state index contributed by atoms with van der Waals surface area (Å²) in [7, 11) is 1.66. The number of imidazole rings is 1. The smallest absolute Gasteiger partial charge is 0.326 e. The van der Waals surface area contributed by atoms with E-state index in [1.807, 2.05) is 48.5 Å². The fourth-order valence-corrected chi connectivity index (χ4v) is 2.40. The van der Waals surface area contributed by atoms with Crippen LogP contribution in [0.2, 0.25) is 0 Å². The van der Waals surface area contributed by atoms with Crippen LogP contribution in [0.5, 0.6) is 5.75 Å². The van der Waals surface area contributed by atoms with Crippen molar-refractivity contribution in [3.8, 4) is 5.75 Å². The second-order valence-electron chi connectivity index (χ2n) is 4.70. The van der Waals surface area contributed by atoms with Crippen LogP contribution in [0.3, 0.4) is 0 Å². The van der Waals surface area contributed by atoms with Gasteiger partial charge < -0.3 is 9.72 Å². The van der Waals surface area contributed by atoms with Gasteiger partial charge in [-0.15, -0.1) is 0 Å². The molecule has 0 spiro atoms. The van der Waals surface area contributed by atoms with Crippen molar-refractivity contribution in [2.24, 2.45) is 0 Å². The van der Waals surface area contributed by atoms with Crippen molar-refractivity contribution < 1.29 is 4.74 Å². The number of aromatic nitrogens is 2. The molecule has 0 aliphatic rings. The van der Waals surface area contributed by atoms with Gasteiger partial charge in [0.2, 0.25) is 0 Å². The maximum absolute atomic E-state index is 12.0. The molecule has 0 aliphatic carbocycles. The van der Waals surface area contributed by atoms with Gasteiger partial charge in [-0.1, -0.05) is 24.3 Å². The van der Waals surface area contributed by atoms with Gasteiger partial charge in [0.25, 0.3) is 0 Å². The number of rotatable bonds is 4. The molecular weight excluding hydrogens is 252 g/mol. The summed E-state index contributed by atoms with van der Waals surface area (Å²) in [6.45, 7) is 0.649. The summed E-state index contributed by atoms with van der Waals surface area (Å²) in [5.41, 5.74) is 2.92. The van der Waals surface area contributed by atoms with E-state index in [2.05, 4.69) is 4.98 Å². The Balaban J connectivity index is 1.86. The zero-order valence-corrected chi connectivity index (χ0v) is 11.3. The molecule has 4 nitrogen and oxygen atoms in total. The summed E-state index contributed by atoms with van der Waals surface area (Å²) < 4.78 is 6.98. The van der Waals surface area contributed by atoms with E-state index in [4.69, 9.17) is 4.74 Å². The lowest BCUT2D eigenvalue weighted by Crippen LogP contribution is -2.17. The van der Waals surface area contributed by atoms with Crippen molar-refractivity contribution in [1.29, 1.82) is 0 Å². The number of fused-ring (bicyclic) bond motifs is 1. The average Bonchev–Trinajstić information content (AvgIpc) is 2.81. The minimum absolute atomic E-state index is 0.0610. The molecule has 3 aromatic rings. The van der Waals surface area contributed by atoms with Crippen molar-refractivity contribution in [3.05, 3.63) is 64.6 Å². The molecule has 3 rings (SSSR count). The molecule has 0 fully saturated rings. The molecule has 2 aromatic carbocycles. The zero-order valence-electron chi connectivity index (χ0n) is 11.3. The van der Waals surface area contributed by atoms with E-state index in [9.17, 15) is 4.79 Å². The van der Waals surface area contributed by atoms with E-state index in [1.165, 1.54) is 0 Å². The predicted molar refractivity (Wildman–Crippen MR) is 79.3 cm³/mol. The van der Waals surface area contributed by atoms with Crippen LogP contribution >= 0.6 is 0 Å². The van der Waals surface area contributed by atoms with E-state index in [0.29, 0.717) is 6.54 Å². The lowest BCUT2D eigenvalue weighted by atomic mass is 10.1.